The molecule has 112 valence electrons. The second-order valence-electron chi connectivity index (χ2n) is 5.55. The predicted octanol–water partition coefficient (Wildman–Crippen LogP) is 1.65. The molecule has 0 unspecified atom stereocenters. The lowest BCUT2D eigenvalue weighted by atomic mass is 9.97. The number of aryl methyl sites for hydroxylation is 1. The summed E-state index contributed by atoms with van der Waals surface area (Å²) >= 11 is 0. The van der Waals surface area contributed by atoms with Gasteiger partial charge in [0.1, 0.15) is 5.82 Å². The number of benzene rings is 1. The summed E-state index contributed by atoms with van der Waals surface area (Å²) in [5, 5.41) is 8.55. The molecule has 0 aliphatic carbocycles. The van der Waals surface area contributed by atoms with E-state index in [0.717, 1.165) is 31.5 Å². The van der Waals surface area contributed by atoms with Crippen molar-refractivity contribution >= 4 is 23.2 Å². The highest BCUT2D eigenvalue weighted by Crippen LogP contribution is 2.29. The first kappa shape index (κ1) is 14.0. The van der Waals surface area contributed by atoms with Gasteiger partial charge in [-0.25, -0.2) is 4.39 Å². The van der Waals surface area contributed by atoms with Crippen LogP contribution < -0.4 is 16.0 Å². The molecule has 2 aliphatic rings. The summed E-state index contributed by atoms with van der Waals surface area (Å²) in [5.74, 6) is -0.773. The molecule has 21 heavy (non-hydrogen) atoms. The second-order valence-corrected chi connectivity index (χ2v) is 5.55. The van der Waals surface area contributed by atoms with Crippen molar-refractivity contribution in [1.29, 1.82) is 0 Å². The van der Waals surface area contributed by atoms with Crippen LogP contribution in [0.2, 0.25) is 0 Å². The smallest absolute Gasteiger partial charge is 0.227 e. The maximum absolute atomic E-state index is 14.1. The van der Waals surface area contributed by atoms with E-state index in [-0.39, 0.29) is 23.4 Å². The average molecular weight is 291 g/mol. The van der Waals surface area contributed by atoms with E-state index in [4.69, 9.17) is 0 Å². The summed E-state index contributed by atoms with van der Waals surface area (Å²) in [4.78, 5) is 23.6. The Bertz CT molecular complexity index is 583. The highest BCUT2D eigenvalue weighted by molar-refractivity contribution is 5.97. The summed E-state index contributed by atoms with van der Waals surface area (Å²) in [7, 11) is 0. The molecule has 6 heteroatoms. The zero-order chi connectivity index (χ0) is 14.8. The molecule has 0 radical (unpaired) electrons. The molecule has 0 bridgehead atoms. The largest absolute Gasteiger partial charge is 0.326 e. The third-order valence-corrected chi connectivity index (χ3v) is 4.06. The van der Waals surface area contributed by atoms with Crippen LogP contribution in [0.3, 0.4) is 0 Å². The molecule has 0 spiro atoms. The van der Waals surface area contributed by atoms with Crippen molar-refractivity contribution in [1.82, 2.24) is 5.32 Å². The molecule has 5 nitrogen and oxygen atoms in total. The molecule has 2 amide bonds. The van der Waals surface area contributed by atoms with Crippen LogP contribution in [0.5, 0.6) is 0 Å². The Labute approximate surface area is 122 Å². The summed E-state index contributed by atoms with van der Waals surface area (Å²) in [5.41, 5.74) is 1.50. The molecule has 3 N–H and O–H groups in total. The standard InChI is InChI=1S/C15H18FN3O2/c16-11-7-10-1-2-14(20)18-12(10)8-13(11)19-15(21)9-3-5-17-6-4-9/h7-9,17H,1-6H2,(H,18,20)(H,19,21). The third-order valence-electron chi connectivity index (χ3n) is 4.06. The van der Waals surface area contributed by atoms with Gasteiger partial charge in [-0.1, -0.05) is 0 Å². The third kappa shape index (κ3) is 3.05. The molecule has 0 saturated carbocycles. The molecule has 2 aliphatic heterocycles. The van der Waals surface area contributed by atoms with Gasteiger partial charge < -0.3 is 16.0 Å². The van der Waals surface area contributed by atoms with E-state index < -0.39 is 5.82 Å². The van der Waals surface area contributed by atoms with Crippen molar-refractivity contribution in [2.24, 2.45) is 5.92 Å². The lowest BCUT2D eigenvalue weighted by molar-refractivity contribution is -0.120. The molecule has 0 atom stereocenters. The Morgan fingerprint density at radius 1 is 1.24 bits per heavy atom. The maximum Gasteiger partial charge on any atom is 0.227 e. The van der Waals surface area contributed by atoms with E-state index in [1.54, 1.807) is 0 Å². The Kier molecular flexibility index (Phi) is 3.88. The van der Waals surface area contributed by atoms with Gasteiger partial charge in [0.15, 0.2) is 0 Å². The Morgan fingerprint density at radius 3 is 2.76 bits per heavy atom. The van der Waals surface area contributed by atoms with Crippen molar-refractivity contribution < 1.29 is 14.0 Å². The first-order chi connectivity index (χ1) is 10.1. The van der Waals surface area contributed by atoms with Crippen LogP contribution in [0.1, 0.15) is 24.8 Å². The van der Waals surface area contributed by atoms with Crippen LogP contribution in [0.25, 0.3) is 0 Å². The van der Waals surface area contributed by atoms with E-state index in [9.17, 15) is 14.0 Å². The second kappa shape index (κ2) is 5.81. The number of fused-ring (bicyclic) bond motifs is 1. The number of anilines is 2. The Morgan fingerprint density at radius 2 is 2.00 bits per heavy atom. The zero-order valence-corrected chi connectivity index (χ0v) is 11.7. The highest BCUT2D eigenvalue weighted by Gasteiger charge is 2.23. The number of piperidine rings is 1. The van der Waals surface area contributed by atoms with Gasteiger partial charge in [0.05, 0.1) is 5.69 Å². The van der Waals surface area contributed by atoms with Gasteiger partial charge >= 0.3 is 0 Å². The van der Waals surface area contributed by atoms with Crippen molar-refractivity contribution in [3.05, 3.63) is 23.5 Å². The average Bonchev–Trinajstić information content (AvgIpc) is 2.49. The molecule has 1 saturated heterocycles. The number of carbonyl (C=O) groups excluding carboxylic acids is 2. The van der Waals surface area contributed by atoms with Crippen LogP contribution in [0.4, 0.5) is 15.8 Å². The van der Waals surface area contributed by atoms with Gasteiger partial charge in [0.2, 0.25) is 11.8 Å². The fourth-order valence-corrected chi connectivity index (χ4v) is 2.81. The van der Waals surface area contributed by atoms with Crippen molar-refractivity contribution in [3.8, 4) is 0 Å². The lowest BCUT2D eigenvalue weighted by Gasteiger charge is -2.23. The van der Waals surface area contributed by atoms with Crippen LogP contribution in [-0.2, 0) is 16.0 Å². The van der Waals surface area contributed by atoms with Gasteiger partial charge in [-0.05, 0) is 50.0 Å². The monoisotopic (exact) mass is 291 g/mol. The maximum atomic E-state index is 14.1. The number of halogens is 1. The molecule has 3 rings (SSSR count). The topological polar surface area (TPSA) is 70.2 Å². The van der Waals surface area contributed by atoms with Crippen molar-refractivity contribution in [2.75, 3.05) is 23.7 Å². The zero-order valence-electron chi connectivity index (χ0n) is 11.7. The van der Waals surface area contributed by atoms with Crippen LogP contribution in [0.15, 0.2) is 12.1 Å². The SMILES string of the molecule is O=C1CCc2cc(F)c(NC(=O)C3CCNCC3)cc2N1. The molecule has 2 heterocycles. The van der Waals surface area contributed by atoms with Crippen LogP contribution >= 0.6 is 0 Å². The number of hydrogen-bond donors (Lipinski definition) is 3. The van der Waals surface area contributed by atoms with Gasteiger partial charge in [-0.2, -0.15) is 0 Å². The number of rotatable bonds is 2. The summed E-state index contributed by atoms with van der Waals surface area (Å²) in [6, 6.07) is 2.91. The van der Waals surface area contributed by atoms with Gasteiger partial charge in [0.25, 0.3) is 0 Å². The normalized spacial score (nSPS) is 18.8. The lowest BCUT2D eigenvalue weighted by Crippen LogP contribution is -2.34. The molecular formula is C15H18FN3O2. The molecule has 1 fully saturated rings. The van der Waals surface area contributed by atoms with Crippen molar-refractivity contribution in [3.63, 3.8) is 0 Å². The first-order valence-electron chi connectivity index (χ1n) is 7.27. The summed E-state index contributed by atoms with van der Waals surface area (Å²) in [6.45, 7) is 1.61. The fourth-order valence-electron chi connectivity index (χ4n) is 2.81. The van der Waals surface area contributed by atoms with Crippen LogP contribution in [-0.4, -0.2) is 24.9 Å². The minimum Gasteiger partial charge on any atom is -0.326 e. The number of amides is 2. The molecule has 1 aromatic carbocycles. The molecular weight excluding hydrogens is 273 g/mol. The Balaban J connectivity index is 1.77. The van der Waals surface area contributed by atoms with E-state index in [2.05, 4.69) is 16.0 Å². The first-order valence-corrected chi connectivity index (χ1v) is 7.27. The van der Waals surface area contributed by atoms with E-state index >= 15 is 0 Å². The molecule has 1 aromatic rings. The summed E-state index contributed by atoms with van der Waals surface area (Å²) < 4.78 is 14.1. The molecule has 0 aromatic heterocycles. The quantitative estimate of drug-likeness (QED) is 0.776. The number of carbonyl (C=O) groups is 2. The number of hydrogen-bond acceptors (Lipinski definition) is 3. The summed E-state index contributed by atoms with van der Waals surface area (Å²) in [6.07, 6.45) is 2.41. The Hall–Kier alpha value is -1.95. The van der Waals surface area contributed by atoms with E-state index in [1.807, 2.05) is 0 Å². The fraction of sp³-hybridized carbons (Fsp3) is 0.467. The highest BCUT2D eigenvalue weighted by atomic mass is 19.1. The van der Waals surface area contributed by atoms with Crippen LogP contribution in [0, 0.1) is 11.7 Å². The minimum atomic E-state index is -0.452. The minimum absolute atomic E-state index is 0.0789. The van der Waals surface area contributed by atoms with E-state index in [0.29, 0.717) is 18.5 Å². The number of nitrogens with one attached hydrogen (secondary N) is 3. The van der Waals surface area contributed by atoms with Gasteiger partial charge in [-0.15, -0.1) is 0 Å². The van der Waals surface area contributed by atoms with Crippen molar-refractivity contribution in [2.45, 2.75) is 25.7 Å². The predicted molar refractivity (Wildman–Crippen MR) is 77.6 cm³/mol. The van der Waals surface area contributed by atoms with Gasteiger partial charge in [-0.3, -0.25) is 9.59 Å². The van der Waals surface area contributed by atoms with E-state index in [1.165, 1.54) is 12.1 Å². The van der Waals surface area contributed by atoms with Gasteiger partial charge in [0, 0.05) is 18.0 Å².